The predicted octanol–water partition coefficient (Wildman–Crippen LogP) is 1.77. The first-order valence-corrected chi connectivity index (χ1v) is 4.13. The molecule has 0 aromatic carbocycles. The molecule has 0 amide bonds. The Kier molecular flexibility index (Phi) is 4.38. The van der Waals surface area contributed by atoms with Gasteiger partial charge in [-0.3, -0.25) is 9.59 Å². The molecule has 3 nitrogen and oxygen atoms in total. The zero-order valence-electron chi connectivity index (χ0n) is 8.35. The van der Waals surface area contributed by atoms with Crippen LogP contribution in [-0.2, 0) is 14.3 Å². The molecule has 0 saturated heterocycles. The van der Waals surface area contributed by atoms with Crippen LogP contribution in [0.1, 0.15) is 33.6 Å². The van der Waals surface area contributed by atoms with E-state index in [2.05, 4.69) is 6.58 Å². The van der Waals surface area contributed by atoms with Crippen molar-refractivity contribution in [2.75, 3.05) is 0 Å². The lowest BCUT2D eigenvalue weighted by atomic mass is 10.1. The standard InChI is InChI=1S/C10H15O3/c1-8(7-11)5-6-9(12)13-10(2,3)4/h1,5-6H2,2-4H3. The summed E-state index contributed by atoms with van der Waals surface area (Å²) in [7, 11) is 0. The molecule has 0 saturated carbocycles. The fourth-order valence-corrected chi connectivity index (χ4v) is 0.697. The highest BCUT2D eigenvalue weighted by Gasteiger charge is 2.15. The highest BCUT2D eigenvalue weighted by atomic mass is 16.6. The second-order valence-corrected chi connectivity index (χ2v) is 3.79. The third-order valence-electron chi connectivity index (χ3n) is 1.20. The summed E-state index contributed by atoms with van der Waals surface area (Å²) >= 11 is 0. The molecule has 1 radical (unpaired) electrons. The van der Waals surface area contributed by atoms with Crippen molar-refractivity contribution in [1.82, 2.24) is 0 Å². The van der Waals surface area contributed by atoms with Gasteiger partial charge >= 0.3 is 5.97 Å². The third kappa shape index (κ3) is 7.25. The summed E-state index contributed by atoms with van der Waals surface area (Å²) in [4.78, 5) is 21.1. The number of carbonyl (C=O) groups excluding carboxylic acids is 2. The van der Waals surface area contributed by atoms with E-state index in [4.69, 9.17) is 4.74 Å². The molecule has 0 bridgehead atoms. The van der Waals surface area contributed by atoms with Crippen molar-refractivity contribution in [3.63, 3.8) is 0 Å². The molecule has 0 atom stereocenters. The van der Waals surface area contributed by atoms with E-state index in [1.165, 1.54) is 0 Å². The van der Waals surface area contributed by atoms with E-state index in [0.717, 1.165) is 0 Å². The molecule has 0 N–H and O–H groups in total. The van der Waals surface area contributed by atoms with Crippen molar-refractivity contribution in [2.24, 2.45) is 0 Å². The number of rotatable bonds is 4. The van der Waals surface area contributed by atoms with Crippen molar-refractivity contribution in [3.05, 3.63) is 12.2 Å². The zero-order valence-corrected chi connectivity index (χ0v) is 8.35. The van der Waals surface area contributed by atoms with Gasteiger partial charge in [0.1, 0.15) is 5.60 Å². The molecule has 3 heteroatoms. The lowest BCUT2D eigenvalue weighted by Crippen LogP contribution is -2.23. The van der Waals surface area contributed by atoms with Gasteiger partial charge in [0.15, 0.2) is 0 Å². The molecule has 0 aromatic rings. The smallest absolute Gasteiger partial charge is 0.306 e. The summed E-state index contributed by atoms with van der Waals surface area (Å²) < 4.78 is 5.02. The first kappa shape index (κ1) is 11.9. The quantitative estimate of drug-likeness (QED) is 0.493. The fraction of sp³-hybridized carbons (Fsp3) is 0.600. The van der Waals surface area contributed by atoms with E-state index in [9.17, 15) is 9.59 Å². The Bertz CT molecular complexity index is 211. The molecule has 13 heavy (non-hydrogen) atoms. The maximum atomic E-state index is 11.1. The van der Waals surface area contributed by atoms with Gasteiger partial charge < -0.3 is 4.74 Å². The molecular formula is C10H15O3. The van der Waals surface area contributed by atoms with Crippen molar-refractivity contribution < 1.29 is 14.3 Å². The molecule has 73 valence electrons. The topological polar surface area (TPSA) is 43.4 Å². The first-order chi connectivity index (χ1) is 5.85. The first-order valence-electron chi connectivity index (χ1n) is 4.13. The molecule has 0 fully saturated rings. The minimum absolute atomic E-state index is 0.186. The Labute approximate surface area is 78.8 Å². The Hall–Kier alpha value is -1.12. The molecule has 0 aromatic heterocycles. The van der Waals surface area contributed by atoms with E-state index in [1.54, 1.807) is 27.1 Å². The van der Waals surface area contributed by atoms with Gasteiger partial charge in [0.2, 0.25) is 6.29 Å². The molecule has 0 spiro atoms. The number of carbonyl (C=O) groups is 1. The van der Waals surface area contributed by atoms with Crippen molar-refractivity contribution in [2.45, 2.75) is 39.2 Å². The van der Waals surface area contributed by atoms with Crippen LogP contribution in [0, 0.1) is 0 Å². The van der Waals surface area contributed by atoms with Crippen LogP contribution in [0.15, 0.2) is 12.2 Å². The summed E-state index contributed by atoms with van der Waals surface area (Å²) in [5, 5.41) is 0. The van der Waals surface area contributed by atoms with Crippen LogP contribution in [0.2, 0.25) is 0 Å². The molecule has 0 aliphatic carbocycles. The monoisotopic (exact) mass is 183 g/mol. The SMILES string of the molecule is C=C([C]=O)CCC(=O)OC(C)(C)C. The van der Waals surface area contributed by atoms with E-state index in [1.807, 2.05) is 0 Å². The summed E-state index contributed by atoms with van der Waals surface area (Å²) in [6.07, 6.45) is 2.13. The van der Waals surface area contributed by atoms with Crippen LogP contribution in [0.4, 0.5) is 0 Å². The van der Waals surface area contributed by atoms with Gasteiger partial charge in [-0.15, -0.1) is 0 Å². The summed E-state index contributed by atoms with van der Waals surface area (Å²) in [6.45, 7) is 8.80. The summed E-state index contributed by atoms with van der Waals surface area (Å²) in [5.41, 5.74) is -0.172. The highest BCUT2D eigenvalue weighted by Crippen LogP contribution is 2.10. The van der Waals surface area contributed by atoms with Crippen LogP contribution in [0.5, 0.6) is 0 Å². The van der Waals surface area contributed by atoms with Crippen LogP contribution >= 0.6 is 0 Å². The van der Waals surface area contributed by atoms with Gasteiger partial charge in [0.05, 0.1) is 0 Å². The number of esters is 1. The third-order valence-corrected chi connectivity index (χ3v) is 1.20. The molecule has 0 aliphatic rings. The number of allylic oxidation sites excluding steroid dienone is 1. The van der Waals surface area contributed by atoms with E-state index < -0.39 is 5.60 Å². The number of hydrogen-bond donors (Lipinski definition) is 0. The molecule has 0 heterocycles. The van der Waals surface area contributed by atoms with E-state index in [0.29, 0.717) is 12.0 Å². The van der Waals surface area contributed by atoms with Gasteiger partial charge in [-0.2, -0.15) is 0 Å². The minimum Gasteiger partial charge on any atom is -0.460 e. The second-order valence-electron chi connectivity index (χ2n) is 3.79. The van der Waals surface area contributed by atoms with E-state index >= 15 is 0 Å². The largest absolute Gasteiger partial charge is 0.460 e. The maximum absolute atomic E-state index is 11.1. The number of ether oxygens (including phenoxy) is 1. The molecular weight excluding hydrogens is 168 g/mol. The Balaban J connectivity index is 3.77. The van der Waals surface area contributed by atoms with Gasteiger partial charge in [0.25, 0.3) is 0 Å². The Morgan fingerprint density at radius 1 is 1.38 bits per heavy atom. The minimum atomic E-state index is -0.469. The van der Waals surface area contributed by atoms with Crippen LogP contribution in [-0.4, -0.2) is 17.9 Å². The normalized spacial score (nSPS) is 10.7. The van der Waals surface area contributed by atoms with E-state index in [-0.39, 0.29) is 12.4 Å². The molecule has 0 rings (SSSR count). The molecule has 0 unspecified atom stereocenters. The number of hydrogen-bond acceptors (Lipinski definition) is 3. The summed E-state index contributed by atoms with van der Waals surface area (Å²) in [5.74, 6) is -0.316. The average Bonchev–Trinajstić information content (AvgIpc) is 1.97. The maximum Gasteiger partial charge on any atom is 0.306 e. The second kappa shape index (κ2) is 4.80. The lowest BCUT2D eigenvalue weighted by molar-refractivity contribution is -0.154. The fourth-order valence-electron chi connectivity index (χ4n) is 0.697. The summed E-state index contributed by atoms with van der Waals surface area (Å²) in [6, 6.07) is 0. The van der Waals surface area contributed by atoms with Crippen LogP contribution in [0.3, 0.4) is 0 Å². The predicted molar refractivity (Wildman–Crippen MR) is 49.9 cm³/mol. The van der Waals surface area contributed by atoms with Crippen molar-refractivity contribution in [1.29, 1.82) is 0 Å². The Morgan fingerprint density at radius 2 is 1.92 bits per heavy atom. The zero-order chi connectivity index (χ0) is 10.5. The lowest BCUT2D eigenvalue weighted by Gasteiger charge is -2.19. The van der Waals surface area contributed by atoms with Crippen LogP contribution in [0.25, 0.3) is 0 Å². The molecule has 0 aliphatic heterocycles. The highest BCUT2D eigenvalue weighted by molar-refractivity contribution is 5.76. The van der Waals surface area contributed by atoms with Gasteiger partial charge in [-0.05, 0) is 32.8 Å². The average molecular weight is 183 g/mol. The van der Waals surface area contributed by atoms with Crippen molar-refractivity contribution in [3.8, 4) is 0 Å². The van der Waals surface area contributed by atoms with Gasteiger partial charge in [0, 0.05) is 6.42 Å². The van der Waals surface area contributed by atoms with Gasteiger partial charge in [-0.1, -0.05) is 6.58 Å². The van der Waals surface area contributed by atoms with Gasteiger partial charge in [-0.25, -0.2) is 0 Å². The Morgan fingerprint density at radius 3 is 2.31 bits per heavy atom. The van der Waals surface area contributed by atoms with Crippen LogP contribution < -0.4 is 0 Å². The van der Waals surface area contributed by atoms with Crippen molar-refractivity contribution >= 4 is 12.3 Å².